The predicted octanol–water partition coefficient (Wildman–Crippen LogP) is -0.292. The molecule has 1 heterocycles. The van der Waals surface area contributed by atoms with Gasteiger partial charge in [0.25, 0.3) is 0 Å². The molecule has 1 unspecified atom stereocenters. The Kier molecular flexibility index (Phi) is 4.57. The highest BCUT2D eigenvalue weighted by Crippen LogP contribution is 2.17. The number of hydrogen-bond acceptors (Lipinski definition) is 4. The van der Waals surface area contributed by atoms with Crippen molar-refractivity contribution in [3.8, 4) is 0 Å². The molecule has 1 fully saturated rings. The van der Waals surface area contributed by atoms with Gasteiger partial charge >= 0.3 is 0 Å². The summed E-state index contributed by atoms with van der Waals surface area (Å²) in [6, 6.07) is 0.519. The van der Waals surface area contributed by atoms with Crippen LogP contribution in [-0.4, -0.2) is 30.9 Å². The van der Waals surface area contributed by atoms with Crippen molar-refractivity contribution >= 4 is 12.3 Å². The summed E-state index contributed by atoms with van der Waals surface area (Å²) in [7, 11) is 0. The Morgan fingerprint density at radius 1 is 1.53 bits per heavy atom. The summed E-state index contributed by atoms with van der Waals surface area (Å²) < 4.78 is 0. The van der Waals surface area contributed by atoms with Crippen LogP contribution in [0.25, 0.3) is 0 Å². The van der Waals surface area contributed by atoms with Gasteiger partial charge in [0, 0.05) is 17.9 Å². The van der Waals surface area contributed by atoms with E-state index in [-0.39, 0.29) is 11.9 Å². The zero-order chi connectivity index (χ0) is 13.7. The molecule has 6 nitrogen and oxygen atoms in total. The first kappa shape index (κ1) is 13.6. The van der Waals surface area contributed by atoms with Crippen LogP contribution in [0.2, 0.25) is 0 Å². The summed E-state index contributed by atoms with van der Waals surface area (Å²) in [4.78, 5) is 22.2. The number of carbonyl (C=O) groups is 2. The molecule has 1 aliphatic carbocycles. The molecule has 2 amide bonds. The molecule has 0 saturated heterocycles. The van der Waals surface area contributed by atoms with Gasteiger partial charge in [-0.05, 0) is 25.8 Å². The van der Waals surface area contributed by atoms with Gasteiger partial charge in [-0.15, -0.1) is 0 Å². The van der Waals surface area contributed by atoms with Crippen molar-refractivity contribution in [3.05, 3.63) is 23.7 Å². The van der Waals surface area contributed by atoms with E-state index in [1.807, 2.05) is 6.92 Å². The number of hydrogen-bond donors (Lipinski definition) is 4. The van der Waals surface area contributed by atoms with Gasteiger partial charge in [0.15, 0.2) is 0 Å². The van der Waals surface area contributed by atoms with Gasteiger partial charge in [0.05, 0.1) is 18.3 Å². The van der Waals surface area contributed by atoms with Crippen LogP contribution < -0.4 is 21.3 Å². The zero-order valence-electron chi connectivity index (χ0n) is 11.0. The average molecular weight is 264 g/mol. The molecule has 0 spiro atoms. The van der Waals surface area contributed by atoms with E-state index in [9.17, 15) is 9.59 Å². The summed E-state index contributed by atoms with van der Waals surface area (Å²) in [6.45, 7) is 2.25. The minimum absolute atomic E-state index is 0.0268. The van der Waals surface area contributed by atoms with Gasteiger partial charge in [0.2, 0.25) is 12.3 Å². The SMILES string of the molecule is CC1NC=C(NC(=O)CNC2CCC2)C=C1NC=O. The highest BCUT2D eigenvalue weighted by atomic mass is 16.2. The largest absolute Gasteiger partial charge is 0.381 e. The molecule has 0 aromatic heterocycles. The van der Waals surface area contributed by atoms with E-state index in [1.54, 1.807) is 12.3 Å². The minimum atomic E-state index is -0.0730. The minimum Gasteiger partial charge on any atom is -0.381 e. The molecule has 2 aliphatic rings. The Hall–Kier alpha value is -1.82. The number of nitrogens with one attached hydrogen (secondary N) is 4. The van der Waals surface area contributed by atoms with Crippen LogP contribution >= 0.6 is 0 Å². The topological polar surface area (TPSA) is 82.3 Å². The Morgan fingerprint density at radius 3 is 2.95 bits per heavy atom. The van der Waals surface area contributed by atoms with E-state index >= 15 is 0 Å². The van der Waals surface area contributed by atoms with Crippen LogP contribution in [0.5, 0.6) is 0 Å². The van der Waals surface area contributed by atoms with Crippen molar-refractivity contribution in [2.75, 3.05) is 6.54 Å². The predicted molar refractivity (Wildman–Crippen MR) is 71.7 cm³/mol. The molecule has 19 heavy (non-hydrogen) atoms. The second-order valence-corrected chi connectivity index (χ2v) is 4.91. The van der Waals surface area contributed by atoms with Crippen LogP contribution in [0, 0.1) is 0 Å². The van der Waals surface area contributed by atoms with Crippen molar-refractivity contribution in [1.29, 1.82) is 0 Å². The zero-order valence-corrected chi connectivity index (χ0v) is 11.0. The third-order valence-corrected chi connectivity index (χ3v) is 3.43. The van der Waals surface area contributed by atoms with E-state index in [0.29, 0.717) is 24.7 Å². The van der Waals surface area contributed by atoms with Gasteiger partial charge in [-0.2, -0.15) is 0 Å². The Labute approximate surface area is 112 Å². The smallest absolute Gasteiger partial charge is 0.238 e. The average Bonchev–Trinajstić information content (AvgIpc) is 2.32. The monoisotopic (exact) mass is 264 g/mol. The number of carbonyl (C=O) groups excluding carboxylic acids is 2. The first-order valence-corrected chi connectivity index (χ1v) is 6.60. The molecule has 1 aliphatic heterocycles. The molecule has 6 heteroatoms. The Morgan fingerprint density at radius 2 is 2.32 bits per heavy atom. The maximum Gasteiger partial charge on any atom is 0.238 e. The molecule has 0 bridgehead atoms. The van der Waals surface area contributed by atoms with Gasteiger partial charge in [0.1, 0.15) is 0 Å². The summed E-state index contributed by atoms with van der Waals surface area (Å²) >= 11 is 0. The van der Waals surface area contributed by atoms with Gasteiger partial charge in [-0.1, -0.05) is 6.42 Å². The second-order valence-electron chi connectivity index (χ2n) is 4.91. The standard InChI is InChI=1S/C13H20N4O2/c1-9-12(16-8-18)5-11(6-14-9)17-13(19)7-15-10-3-2-4-10/h5-6,8-10,14-15H,2-4,7H2,1H3,(H,16,18)(H,17,19). The Bertz CT molecular complexity index is 413. The van der Waals surface area contributed by atoms with Crippen LogP contribution in [0.4, 0.5) is 0 Å². The van der Waals surface area contributed by atoms with Crippen molar-refractivity contribution in [1.82, 2.24) is 21.3 Å². The fraction of sp³-hybridized carbons (Fsp3) is 0.538. The van der Waals surface area contributed by atoms with Gasteiger partial charge < -0.3 is 21.3 Å². The summed E-state index contributed by atoms with van der Waals surface area (Å²) in [5.74, 6) is -0.0730. The fourth-order valence-electron chi connectivity index (χ4n) is 2.00. The number of rotatable bonds is 6. The van der Waals surface area contributed by atoms with Crippen LogP contribution in [0.3, 0.4) is 0 Å². The number of allylic oxidation sites excluding steroid dienone is 1. The first-order valence-electron chi connectivity index (χ1n) is 6.60. The Balaban J connectivity index is 1.80. The first-order chi connectivity index (χ1) is 9.19. The normalized spacial score (nSPS) is 22.5. The van der Waals surface area contributed by atoms with Crippen molar-refractivity contribution < 1.29 is 9.59 Å². The van der Waals surface area contributed by atoms with E-state index < -0.39 is 0 Å². The lowest BCUT2D eigenvalue weighted by molar-refractivity contribution is -0.119. The maximum absolute atomic E-state index is 11.7. The molecular weight excluding hydrogens is 244 g/mol. The fourth-order valence-corrected chi connectivity index (χ4v) is 2.00. The quantitative estimate of drug-likeness (QED) is 0.497. The van der Waals surface area contributed by atoms with Gasteiger partial charge in [-0.25, -0.2) is 0 Å². The number of amides is 2. The summed E-state index contributed by atoms with van der Waals surface area (Å²) in [5, 5.41) is 11.7. The number of dihydropyridines is 1. The summed E-state index contributed by atoms with van der Waals surface area (Å²) in [6.07, 6.45) is 7.69. The van der Waals surface area contributed by atoms with Crippen molar-refractivity contribution in [2.24, 2.45) is 0 Å². The third kappa shape index (κ3) is 3.82. The van der Waals surface area contributed by atoms with Crippen LogP contribution in [-0.2, 0) is 9.59 Å². The van der Waals surface area contributed by atoms with E-state index in [0.717, 1.165) is 18.5 Å². The van der Waals surface area contributed by atoms with Crippen LogP contribution in [0.1, 0.15) is 26.2 Å². The highest BCUT2D eigenvalue weighted by molar-refractivity contribution is 5.80. The molecule has 4 N–H and O–H groups in total. The molecular formula is C13H20N4O2. The van der Waals surface area contributed by atoms with E-state index in [4.69, 9.17) is 0 Å². The molecule has 1 atom stereocenters. The summed E-state index contributed by atoms with van der Waals surface area (Å²) in [5.41, 5.74) is 1.39. The third-order valence-electron chi connectivity index (χ3n) is 3.43. The second kappa shape index (κ2) is 6.38. The van der Waals surface area contributed by atoms with Crippen molar-refractivity contribution in [3.63, 3.8) is 0 Å². The molecule has 0 radical (unpaired) electrons. The van der Waals surface area contributed by atoms with E-state index in [1.165, 1.54) is 6.42 Å². The van der Waals surface area contributed by atoms with Crippen molar-refractivity contribution in [2.45, 2.75) is 38.3 Å². The molecule has 0 aromatic carbocycles. The maximum atomic E-state index is 11.7. The molecule has 2 rings (SSSR count). The van der Waals surface area contributed by atoms with Crippen LogP contribution in [0.15, 0.2) is 23.7 Å². The van der Waals surface area contributed by atoms with Gasteiger partial charge in [-0.3, -0.25) is 9.59 Å². The molecule has 0 aromatic rings. The molecule has 104 valence electrons. The lowest BCUT2D eigenvalue weighted by Crippen LogP contribution is -2.43. The lowest BCUT2D eigenvalue weighted by atomic mass is 9.93. The highest BCUT2D eigenvalue weighted by Gasteiger charge is 2.18. The van der Waals surface area contributed by atoms with E-state index in [2.05, 4.69) is 21.3 Å². The lowest BCUT2D eigenvalue weighted by Gasteiger charge is -2.26. The molecule has 1 saturated carbocycles.